The minimum Gasteiger partial charge on any atom is -0.461 e. The van der Waals surface area contributed by atoms with Gasteiger partial charge in [0.1, 0.15) is 11.3 Å². The fourth-order valence-corrected chi connectivity index (χ4v) is 2.65. The Morgan fingerprint density at radius 1 is 1.14 bits per heavy atom. The average molecular weight is 280 g/mol. The normalized spacial score (nSPS) is 12.7. The predicted octanol–water partition coefficient (Wildman–Crippen LogP) is 4.24. The van der Waals surface area contributed by atoms with Crippen LogP contribution in [0.1, 0.15) is 36.8 Å². The van der Waals surface area contributed by atoms with Gasteiger partial charge in [-0.05, 0) is 30.7 Å². The summed E-state index contributed by atoms with van der Waals surface area (Å²) in [5, 5.41) is 4.79. The van der Waals surface area contributed by atoms with Crippen LogP contribution in [0, 0.1) is 0 Å². The monoisotopic (exact) mass is 280 g/mol. The van der Waals surface area contributed by atoms with Gasteiger partial charge in [-0.25, -0.2) is 0 Å². The molecule has 2 aromatic heterocycles. The Morgan fingerprint density at radius 2 is 1.90 bits per heavy atom. The van der Waals surface area contributed by atoms with Crippen molar-refractivity contribution in [1.82, 2.24) is 10.3 Å². The summed E-state index contributed by atoms with van der Waals surface area (Å²) in [6.07, 6.45) is 4.58. The van der Waals surface area contributed by atoms with Gasteiger partial charge in [-0.3, -0.25) is 4.98 Å². The van der Waals surface area contributed by atoms with Crippen molar-refractivity contribution in [2.24, 2.45) is 0 Å². The Morgan fingerprint density at radius 3 is 2.67 bits per heavy atom. The van der Waals surface area contributed by atoms with Crippen molar-refractivity contribution in [3.8, 4) is 0 Å². The van der Waals surface area contributed by atoms with Crippen LogP contribution in [0.3, 0.4) is 0 Å². The second-order valence-corrected chi connectivity index (χ2v) is 5.24. The Balaban J connectivity index is 1.82. The summed E-state index contributed by atoms with van der Waals surface area (Å²) in [6, 6.07) is 12.6. The maximum Gasteiger partial charge on any atom is 0.134 e. The molecule has 21 heavy (non-hydrogen) atoms. The van der Waals surface area contributed by atoms with Gasteiger partial charge in [-0.2, -0.15) is 0 Å². The summed E-state index contributed by atoms with van der Waals surface area (Å²) in [4.78, 5) is 4.06. The maximum atomic E-state index is 5.94. The van der Waals surface area contributed by atoms with E-state index in [1.807, 2.05) is 36.7 Å². The van der Waals surface area contributed by atoms with E-state index in [1.54, 1.807) is 0 Å². The van der Waals surface area contributed by atoms with Gasteiger partial charge < -0.3 is 9.73 Å². The smallest absolute Gasteiger partial charge is 0.134 e. The van der Waals surface area contributed by atoms with Gasteiger partial charge in [0, 0.05) is 42.4 Å². The first-order valence-electron chi connectivity index (χ1n) is 7.42. The molecule has 0 spiro atoms. The molecule has 0 amide bonds. The highest BCUT2D eigenvalue weighted by atomic mass is 16.3. The molecule has 1 aromatic carbocycles. The highest BCUT2D eigenvalue weighted by Gasteiger charge is 2.13. The molecule has 3 nitrogen and oxygen atoms in total. The third-order valence-corrected chi connectivity index (χ3v) is 3.89. The van der Waals surface area contributed by atoms with Gasteiger partial charge >= 0.3 is 0 Å². The number of aryl methyl sites for hydroxylation is 1. The number of benzene rings is 1. The fraction of sp³-hybridized carbons (Fsp3) is 0.278. The third-order valence-electron chi connectivity index (χ3n) is 3.89. The van der Waals surface area contributed by atoms with Crippen LogP contribution in [0.15, 0.2) is 53.2 Å². The van der Waals surface area contributed by atoms with Crippen molar-refractivity contribution in [1.29, 1.82) is 0 Å². The number of fused-ring (bicyclic) bond motifs is 1. The molecule has 1 N–H and O–H groups in total. The number of hydrogen-bond donors (Lipinski definition) is 1. The van der Waals surface area contributed by atoms with E-state index in [-0.39, 0.29) is 6.04 Å². The molecule has 0 aliphatic rings. The first-order chi connectivity index (χ1) is 10.3. The van der Waals surface area contributed by atoms with Crippen LogP contribution in [0.25, 0.3) is 11.0 Å². The lowest BCUT2D eigenvalue weighted by Gasteiger charge is -2.14. The zero-order valence-corrected chi connectivity index (χ0v) is 12.5. The minimum atomic E-state index is 0.284. The van der Waals surface area contributed by atoms with Crippen molar-refractivity contribution < 1.29 is 4.42 Å². The molecular formula is C18H20N2O. The standard InChI is InChI=1S/C18H20N2O/c1-3-17-16(15-6-4-5-7-18(15)21-17)12-20-13(2)14-8-10-19-11-9-14/h4-11,13,20H,3,12H2,1-2H3. The molecule has 1 atom stereocenters. The first kappa shape index (κ1) is 13.8. The lowest BCUT2D eigenvalue weighted by Crippen LogP contribution is -2.18. The van der Waals surface area contributed by atoms with Crippen molar-refractivity contribution >= 4 is 11.0 Å². The molecule has 0 saturated carbocycles. The second kappa shape index (κ2) is 6.10. The van der Waals surface area contributed by atoms with Gasteiger partial charge in [0.15, 0.2) is 0 Å². The minimum absolute atomic E-state index is 0.284. The van der Waals surface area contributed by atoms with E-state index in [0.717, 1.165) is 24.3 Å². The molecule has 2 heterocycles. The molecule has 3 aromatic rings. The topological polar surface area (TPSA) is 38.1 Å². The molecule has 0 aliphatic heterocycles. The molecule has 0 aliphatic carbocycles. The molecule has 3 heteroatoms. The van der Waals surface area contributed by atoms with E-state index < -0.39 is 0 Å². The first-order valence-corrected chi connectivity index (χ1v) is 7.42. The number of para-hydroxylation sites is 1. The highest BCUT2D eigenvalue weighted by Crippen LogP contribution is 2.26. The summed E-state index contributed by atoms with van der Waals surface area (Å²) in [7, 11) is 0. The number of furan rings is 1. The summed E-state index contributed by atoms with van der Waals surface area (Å²) in [6.45, 7) is 5.11. The Bertz CT molecular complexity index is 718. The maximum absolute atomic E-state index is 5.94. The van der Waals surface area contributed by atoms with Gasteiger partial charge in [-0.1, -0.05) is 25.1 Å². The highest BCUT2D eigenvalue weighted by molar-refractivity contribution is 5.82. The van der Waals surface area contributed by atoms with Gasteiger partial charge in [0.05, 0.1) is 0 Å². The summed E-state index contributed by atoms with van der Waals surface area (Å²) >= 11 is 0. The van der Waals surface area contributed by atoms with Gasteiger partial charge in [-0.15, -0.1) is 0 Å². The number of aromatic nitrogens is 1. The molecule has 0 fully saturated rings. The molecule has 0 radical (unpaired) electrons. The lowest BCUT2D eigenvalue weighted by molar-refractivity contribution is 0.530. The SMILES string of the molecule is CCc1oc2ccccc2c1CNC(C)c1ccncc1. The Kier molecular flexibility index (Phi) is 4.02. The third kappa shape index (κ3) is 2.83. The van der Waals surface area contributed by atoms with Crippen molar-refractivity contribution in [3.63, 3.8) is 0 Å². The molecule has 0 bridgehead atoms. The van der Waals surface area contributed by atoms with Crippen LogP contribution in [0.4, 0.5) is 0 Å². The van der Waals surface area contributed by atoms with Crippen molar-refractivity contribution in [3.05, 3.63) is 65.7 Å². The average Bonchev–Trinajstić information content (AvgIpc) is 2.91. The predicted molar refractivity (Wildman–Crippen MR) is 85.1 cm³/mol. The fourth-order valence-electron chi connectivity index (χ4n) is 2.65. The van der Waals surface area contributed by atoms with E-state index in [1.165, 1.54) is 16.5 Å². The number of nitrogens with one attached hydrogen (secondary N) is 1. The number of nitrogens with zero attached hydrogens (tertiary/aromatic N) is 1. The van der Waals surface area contributed by atoms with Crippen LogP contribution >= 0.6 is 0 Å². The van der Waals surface area contributed by atoms with E-state index in [0.29, 0.717) is 0 Å². The van der Waals surface area contributed by atoms with E-state index in [2.05, 4.69) is 36.3 Å². The zero-order valence-electron chi connectivity index (χ0n) is 12.5. The van der Waals surface area contributed by atoms with E-state index >= 15 is 0 Å². The van der Waals surface area contributed by atoms with Crippen molar-refractivity contribution in [2.45, 2.75) is 32.9 Å². The van der Waals surface area contributed by atoms with E-state index in [4.69, 9.17) is 4.42 Å². The summed E-state index contributed by atoms with van der Waals surface area (Å²) < 4.78 is 5.94. The van der Waals surface area contributed by atoms with Crippen LogP contribution in [-0.2, 0) is 13.0 Å². The molecule has 0 saturated heterocycles. The summed E-state index contributed by atoms with van der Waals surface area (Å²) in [5.74, 6) is 1.07. The van der Waals surface area contributed by atoms with Crippen LogP contribution in [-0.4, -0.2) is 4.98 Å². The Labute approximate surface area is 125 Å². The number of rotatable bonds is 5. The quantitative estimate of drug-likeness (QED) is 0.759. The van der Waals surface area contributed by atoms with Crippen LogP contribution < -0.4 is 5.32 Å². The van der Waals surface area contributed by atoms with Crippen molar-refractivity contribution in [2.75, 3.05) is 0 Å². The van der Waals surface area contributed by atoms with Crippen LogP contribution in [0.5, 0.6) is 0 Å². The molecule has 3 rings (SSSR count). The largest absolute Gasteiger partial charge is 0.461 e. The summed E-state index contributed by atoms with van der Waals surface area (Å²) in [5.41, 5.74) is 3.49. The van der Waals surface area contributed by atoms with Crippen LogP contribution in [0.2, 0.25) is 0 Å². The Hall–Kier alpha value is -2.13. The van der Waals surface area contributed by atoms with Gasteiger partial charge in [0.2, 0.25) is 0 Å². The van der Waals surface area contributed by atoms with E-state index in [9.17, 15) is 0 Å². The lowest BCUT2D eigenvalue weighted by atomic mass is 10.1. The molecule has 108 valence electrons. The zero-order chi connectivity index (χ0) is 14.7. The number of hydrogen-bond acceptors (Lipinski definition) is 3. The van der Waals surface area contributed by atoms with Gasteiger partial charge in [0.25, 0.3) is 0 Å². The molecular weight excluding hydrogens is 260 g/mol. The second-order valence-electron chi connectivity index (χ2n) is 5.24. The molecule has 1 unspecified atom stereocenters. The number of pyridine rings is 1.